The van der Waals surface area contributed by atoms with Crippen molar-refractivity contribution in [3.8, 4) is 0 Å². The van der Waals surface area contributed by atoms with Gasteiger partial charge in [0.05, 0.1) is 27.8 Å². The van der Waals surface area contributed by atoms with Gasteiger partial charge in [0, 0.05) is 4.90 Å². The van der Waals surface area contributed by atoms with E-state index in [0.717, 1.165) is 12.1 Å². The average molecular weight is 298 g/mol. The number of hydrogen-bond donors (Lipinski definition) is 0. The lowest BCUT2D eigenvalue weighted by molar-refractivity contribution is 0.798. The zero-order valence-corrected chi connectivity index (χ0v) is 12.7. The van der Waals surface area contributed by atoms with Crippen LogP contribution in [0.2, 0.25) is 0 Å². The quantitative estimate of drug-likeness (QED) is 0.679. The molecule has 1 aliphatic rings. The smallest absolute Gasteiger partial charge is 0.113 e. The fourth-order valence-corrected chi connectivity index (χ4v) is 4.70. The number of nitrogens with zero attached hydrogens (tertiary/aromatic N) is 2. The largest absolute Gasteiger partial charge is 0.352 e. The van der Waals surface area contributed by atoms with Gasteiger partial charge in [-0.2, -0.15) is 0 Å². The van der Waals surface area contributed by atoms with E-state index < -0.39 is 0 Å². The van der Waals surface area contributed by atoms with E-state index >= 15 is 0 Å². The molecule has 0 spiro atoms. The molecule has 1 atom stereocenters. The van der Waals surface area contributed by atoms with Crippen LogP contribution in [0.4, 0.5) is 5.69 Å². The van der Waals surface area contributed by atoms with Crippen LogP contribution < -0.4 is 4.90 Å². The Balaban J connectivity index is 1.68. The van der Waals surface area contributed by atoms with Crippen molar-refractivity contribution in [2.24, 2.45) is 0 Å². The lowest BCUT2D eigenvalue weighted by Crippen LogP contribution is -2.25. The molecule has 1 aromatic heterocycles. The minimum absolute atomic E-state index is 0.472. The molecule has 0 aliphatic carbocycles. The van der Waals surface area contributed by atoms with Crippen molar-refractivity contribution < 1.29 is 0 Å². The second-order valence-electron chi connectivity index (χ2n) is 4.89. The Morgan fingerprint density at radius 3 is 2.80 bits per heavy atom. The molecule has 2 aromatic carbocycles. The highest BCUT2D eigenvalue weighted by molar-refractivity contribution is 8.00. The summed E-state index contributed by atoms with van der Waals surface area (Å²) in [5.41, 5.74) is 2.45. The summed E-state index contributed by atoms with van der Waals surface area (Å²) in [4.78, 5) is 8.57. The number of fused-ring (bicyclic) bond motifs is 2. The van der Waals surface area contributed by atoms with E-state index in [-0.39, 0.29) is 0 Å². The Hall–Kier alpha value is -1.52. The summed E-state index contributed by atoms with van der Waals surface area (Å²) < 4.78 is 1.27. The first-order chi connectivity index (χ1) is 9.81. The number of rotatable bonds is 2. The number of aromatic nitrogens is 1. The van der Waals surface area contributed by atoms with Gasteiger partial charge in [-0.25, -0.2) is 4.98 Å². The number of para-hydroxylation sites is 2. The molecule has 1 unspecified atom stereocenters. The number of benzene rings is 2. The fourth-order valence-electron chi connectivity index (χ4n) is 2.58. The zero-order chi connectivity index (χ0) is 13.5. The molecular formula is C16H14N2S2. The van der Waals surface area contributed by atoms with E-state index in [0.29, 0.717) is 5.37 Å². The number of thiazole rings is 1. The summed E-state index contributed by atoms with van der Waals surface area (Å²) in [6, 6.07) is 17.0. The van der Waals surface area contributed by atoms with Gasteiger partial charge in [-0.3, -0.25) is 0 Å². The number of hydrogen-bond acceptors (Lipinski definition) is 4. The molecule has 100 valence electrons. The second-order valence-corrected chi connectivity index (χ2v) is 7.36. The van der Waals surface area contributed by atoms with Gasteiger partial charge in [0.15, 0.2) is 0 Å². The predicted molar refractivity (Wildman–Crippen MR) is 87.6 cm³/mol. The van der Waals surface area contributed by atoms with Crippen LogP contribution in [0.15, 0.2) is 53.4 Å². The molecule has 3 aromatic rings. The van der Waals surface area contributed by atoms with Gasteiger partial charge < -0.3 is 4.90 Å². The molecule has 0 bridgehead atoms. The Morgan fingerprint density at radius 2 is 1.90 bits per heavy atom. The zero-order valence-electron chi connectivity index (χ0n) is 11.1. The maximum atomic E-state index is 4.75. The van der Waals surface area contributed by atoms with Gasteiger partial charge in [-0.05, 0) is 31.2 Å². The maximum absolute atomic E-state index is 4.75. The van der Waals surface area contributed by atoms with E-state index in [9.17, 15) is 0 Å². The summed E-state index contributed by atoms with van der Waals surface area (Å²) in [7, 11) is 0. The molecule has 0 amide bonds. The van der Waals surface area contributed by atoms with Crippen molar-refractivity contribution in [2.45, 2.75) is 23.7 Å². The third-order valence-electron chi connectivity index (χ3n) is 3.55. The van der Waals surface area contributed by atoms with Crippen LogP contribution in [0.25, 0.3) is 10.2 Å². The van der Waals surface area contributed by atoms with Crippen molar-refractivity contribution >= 4 is 39.0 Å². The van der Waals surface area contributed by atoms with Crippen LogP contribution in [-0.4, -0.2) is 10.4 Å². The molecule has 4 rings (SSSR count). The predicted octanol–water partition coefficient (Wildman–Crippen LogP) is 4.75. The fraction of sp³-hybridized carbons (Fsp3) is 0.188. The molecule has 0 saturated heterocycles. The lowest BCUT2D eigenvalue weighted by atomic mass is 10.3. The Labute approximate surface area is 126 Å². The minimum atomic E-state index is 0.472. The summed E-state index contributed by atoms with van der Waals surface area (Å²) in [6.45, 7) is 3.16. The molecule has 2 heterocycles. The molecule has 2 nitrogen and oxygen atoms in total. The minimum Gasteiger partial charge on any atom is -0.352 e. The normalized spacial score (nSPS) is 17.6. The van der Waals surface area contributed by atoms with Crippen molar-refractivity contribution in [2.75, 3.05) is 4.90 Å². The van der Waals surface area contributed by atoms with Gasteiger partial charge in [0.2, 0.25) is 0 Å². The van der Waals surface area contributed by atoms with Crippen LogP contribution in [0.1, 0.15) is 11.9 Å². The number of thioether (sulfide) groups is 1. The SMILES string of the molecule is CC1Sc2ccccc2N1Cc1nc2ccccc2s1. The van der Waals surface area contributed by atoms with Gasteiger partial charge in [0.25, 0.3) is 0 Å². The Kier molecular flexibility index (Phi) is 2.93. The summed E-state index contributed by atoms with van der Waals surface area (Å²) in [5, 5.41) is 1.66. The standard InChI is InChI=1S/C16H14N2S2/c1-11-18(13-7-3-5-9-15(13)19-11)10-16-17-12-6-2-4-8-14(12)20-16/h2-9,11H,10H2,1H3. The van der Waals surface area contributed by atoms with E-state index in [1.165, 1.54) is 20.3 Å². The molecule has 1 aliphatic heterocycles. The van der Waals surface area contributed by atoms with Gasteiger partial charge in [-0.1, -0.05) is 36.0 Å². The topological polar surface area (TPSA) is 16.1 Å². The number of anilines is 1. The van der Waals surface area contributed by atoms with Crippen LogP contribution in [-0.2, 0) is 6.54 Å². The Bertz CT molecular complexity index is 733. The van der Waals surface area contributed by atoms with Crippen LogP contribution in [0.5, 0.6) is 0 Å². The Morgan fingerprint density at radius 1 is 1.10 bits per heavy atom. The molecule has 0 saturated carbocycles. The molecule has 0 radical (unpaired) electrons. The highest BCUT2D eigenvalue weighted by atomic mass is 32.2. The van der Waals surface area contributed by atoms with Crippen LogP contribution >= 0.6 is 23.1 Å². The van der Waals surface area contributed by atoms with Crippen molar-refractivity contribution in [1.29, 1.82) is 0 Å². The van der Waals surface area contributed by atoms with Gasteiger partial charge >= 0.3 is 0 Å². The van der Waals surface area contributed by atoms with Crippen LogP contribution in [0, 0.1) is 0 Å². The summed E-state index contributed by atoms with van der Waals surface area (Å²) >= 11 is 3.73. The lowest BCUT2D eigenvalue weighted by Gasteiger charge is -2.22. The van der Waals surface area contributed by atoms with Gasteiger partial charge in [-0.15, -0.1) is 11.3 Å². The van der Waals surface area contributed by atoms with Crippen molar-refractivity contribution in [3.05, 3.63) is 53.5 Å². The van der Waals surface area contributed by atoms with E-state index in [1.807, 2.05) is 11.8 Å². The average Bonchev–Trinajstić information content (AvgIpc) is 3.00. The monoisotopic (exact) mass is 298 g/mol. The molecule has 4 heteroatoms. The van der Waals surface area contributed by atoms with E-state index in [2.05, 4.69) is 60.4 Å². The molecule has 20 heavy (non-hydrogen) atoms. The molecule has 0 fully saturated rings. The first kappa shape index (κ1) is 12.2. The first-order valence-electron chi connectivity index (χ1n) is 6.68. The first-order valence-corrected chi connectivity index (χ1v) is 8.38. The van der Waals surface area contributed by atoms with E-state index in [1.54, 1.807) is 11.3 Å². The highest BCUT2D eigenvalue weighted by Gasteiger charge is 2.26. The summed E-state index contributed by atoms with van der Waals surface area (Å²) in [6.07, 6.45) is 0. The van der Waals surface area contributed by atoms with Gasteiger partial charge in [0.1, 0.15) is 5.01 Å². The molecular weight excluding hydrogens is 284 g/mol. The third kappa shape index (κ3) is 2.00. The molecule has 0 N–H and O–H groups in total. The summed E-state index contributed by atoms with van der Waals surface area (Å²) in [5.74, 6) is 0. The van der Waals surface area contributed by atoms with Crippen molar-refractivity contribution in [1.82, 2.24) is 4.98 Å². The second kappa shape index (κ2) is 4.79. The maximum Gasteiger partial charge on any atom is 0.113 e. The third-order valence-corrected chi connectivity index (χ3v) is 5.77. The van der Waals surface area contributed by atoms with Crippen molar-refractivity contribution in [3.63, 3.8) is 0 Å². The van der Waals surface area contributed by atoms with Crippen LogP contribution in [0.3, 0.4) is 0 Å². The van der Waals surface area contributed by atoms with E-state index in [4.69, 9.17) is 4.98 Å². The highest BCUT2D eigenvalue weighted by Crippen LogP contribution is 2.43.